The van der Waals surface area contributed by atoms with Gasteiger partial charge in [-0.05, 0) is 91.7 Å². The van der Waals surface area contributed by atoms with Crippen molar-refractivity contribution in [3.8, 4) is 6.07 Å². The van der Waals surface area contributed by atoms with E-state index in [2.05, 4.69) is 17.0 Å². The van der Waals surface area contributed by atoms with Crippen molar-refractivity contribution in [2.75, 3.05) is 39.5 Å². The molecule has 0 aliphatic carbocycles. The zero-order valence-electron chi connectivity index (χ0n) is 24.4. The van der Waals surface area contributed by atoms with Crippen LogP contribution in [0, 0.1) is 11.3 Å². The summed E-state index contributed by atoms with van der Waals surface area (Å²) < 4.78 is 12.3. The Hall–Kier alpha value is -3.21. The molecule has 1 heterocycles. The normalized spacial score (nSPS) is 15.6. The number of carbonyl (C=O) groups excluding carboxylic acids is 1. The zero-order valence-corrected chi connectivity index (χ0v) is 26.8. The Kier molecular flexibility index (Phi) is 10.2. The second-order valence-electron chi connectivity index (χ2n) is 11.3. The Bertz CT molecular complexity index is 1690. The van der Waals surface area contributed by atoms with Crippen molar-refractivity contribution < 1.29 is 9.00 Å². The van der Waals surface area contributed by atoms with Gasteiger partial charge >= 0.3 is 0 Å². The fraction of sp³-hybridized carbons (Fsp3) is 0.314. The number of fused-ring (bicyclic) bond motifs is 1. The first-order chi connectivity index (χ1) is 20.8. The van der Waals surface area contributed by atoms with Crippen LogP contribution in [-0.2, 0) is 10.8 Å². The van der Waals surface area contributed by atoms with Crippen LogP contribution in [0.5, 0.6) is 0 Å². The van der Waals surface area contributed by atoms with Gasteiger partial charge in [-0.25, -0.2) is 0 Å². The highest BCUT2D eigenvalue weighted by Crippen LogP contribution is 2.33. The Morgan fingerprint density at radius 1 is 1.00 bits per heavy atom. The molecule has 4 aromatic rings. The molecule has 0 radical (unpaired) electrons. The van der Waals surface area contributed by atoms with E-state index in [0.29, 0.717) is 33.6 Å². The maximum absolute atomic E-state index is 13.8. The van der Waals surface area contributed by atoms with Gasteiger partial charge in [-0.1, -0.05) is 71.7 Å². The van der Waals surface area contributed by atoms with Crippen LogP contribution in [0.25, 0.3) is 10.8 Å². The number of rotatable bonds is 9. The van der Waals surface area contributed by atoms with Gasteiger partial charge in [-0.3, -0.25) is 9.00 Å². The molecular formula is C35H35Cl2N3O2S. The largest absolute Gasteiger partial charge is 0.341 e. The summed E-state index contributed by atoms with van der Waals surface area (Å²) >= 11 is 12.7. The van der Waals surface area contributed by atoms with Crippen LogP contribution in [-0.4, -0.2) is 59.4 Å². The molecule has 8 heteroatoms. The Morgan fingerprint density at radius 2 is 1.70 bits per heavy atom. The van der Waals surface area contributed by atoms with Gasteiger partial charge in [0.05, 0.1) is 32.5 Å². The molecular weight excluding hydrogens is 597 g/mol. The second kappa shape index (κ2) is 14.1. The third kappa shape index (κ3) is 7.13. The second-order valence-corrected chi connectivity index (χ2v) is 13.4. The molecule has 222 valence electrons. The van der Waals surface area contributed by atoms with E-state index >= 15 is 0 Å². The Morgan fingerprint density at radius 3 is 2.40 bits per heavy atom. The van der Waals surface area contributed by atoms with Crippen LogP contribution in [0.2, 0.25) is 10.0 Å². The lowest BCUT2D eigenvalue weighted by Gasteiger charge is -2.34. The summed E-state index contributed by atoms with van der Waals surface area (Å²) in [7, 11) is 0.835. The summed E-state index contributed by atoms with van der Waals surface area (Å²) in [4.78, 5) is 19.0. The number of hydrogen-bond acceptors (Lipinski definition) is 4. The first-order valence-electron chi connectivity index (χ1n) is 14.5. The zero-order chi connectivity index (χ0) is 30.5. The first kappa shape index (κ1) is 31.2. The van der Waals surface area contributed by atoms with Crippen LogP contribution in [0.1, 0.15) is 58.1 Å². The molecule has 2 atom stereocenters. The van der Waals surface area contributed by atoms with E-state index in [0.717, 1.165) is 60.1 Å². The molecule has 43 heavy (non-hydrogen) atoms. The van der Waals surface area contributed by atoms with Gasteiger partial charge in [0.15, 0.2) is 0 Å². The van der Waals surface area contributed by atoms with Crippen LogP contribution in [0.4, 0.5) is 0 Å². The van der Waals surface area contributed by atoms with Gasteiger partial charge < -0.3 is 9.80 Å². The van der Waals surface area contributed by atoms with Gasteiger partial charge in [0.1, 0.15) is 0 Å². The molecule has 1 aliphatic rings. The highest BCUT2D eigenvalue weighted by Gasteiger charge is 2.26. The number of likely N-dealkylation sites (tertiary alicyclic amines) is 1. The summed E-state index contributed by atoms with van der Waals surface area (Å²) in [6.45, 7) is 3.34. The molecule has 5 rings (SSSR count). The number of benzene rings is 4. The summed E-state index contributed by atoms with van der Waals surface area (Å²) in [6.07, 6.45) is 4.65. The molecule has 0 bridgehead atoms. The lowest BCUT2D eigenvalue weighted by atomic mass is 9.88. The number of halogens is 2. The highest BCUT2D eigenvalue weighted by atomic mass is 35.5. The molecule has 1 aliphatic heterocycles. The predicted octanol–water partition coefficient (Wildman–Crippen LogP) is 7.88. The number of amides is 1. The van der Waals surface area contributed by atoms with Gasteiger partial charge in [0.25, 0.3) is 5.91 Å². The van der Waals surface area contributed by atoms with Crippen LogP contribution in [0.15, 0.2) is 83.8 Å². The average Bonchev–Trinajstić information content (AvgIpc) is 3.03. The highest BCUT2D eigenvalue weighted by molar-refractivity contribution is 7.84. The number of nitriles is 1. The number of nitrogens with zero attached hydrogens (tertiary/aromatic N) is 3. The molecule has 1 saturated heterocycles. The van der Waals surface area contributed by atoms with E-state index in [1.807, 2.05) is 67.7 Å². The van der Waals surface area contributed by atoms with E-state index in [1.54, 1.807) is 23.3 Å². The predicted molar refractivity (Wildman–Crippen MR) is 177 cm³/mol. The van der Waals surface area contributed by atoms with Crippen molar-refractivity contribution in [2.24, 2.45) is 0 Å². The van der Waals surface area contributed by atoms with E-state index in [4.69, 9.17) is 23.2 Å². The minimum Gasteiger partial charge on any atom is -0.341 e. The van der Waals surface area contributed by atoms with E-state index in [-0.39, 0.29) is 11.8 Å². The topological polar surface area (TPSA) is 64.4 Å². The van der Waals surface area contributed by atoms with E-state index in [1.165, 1.54) is 5.56 Å². The molecule has 4 aromatic carbocycles. The lowest BCUT2D eigenvalue weighted by Crippen LogP contribution is -2.36. The Labute approximate surface area is 266 Å². The van der Waals surface area contributed by atoms with Crippen molar-refractivity contribution in [1.82, 2.24) is 9.80 Å². The van der Waals surface area contributed by atoms with Crippen molar-refractivity contribution in [1.29, 1.82) is 5.26 Å². The third-order valence-corrected chi connectivity index (χ3v) is 10.3. The SMILES string of the molecule is CN(C[C@@H](CCN1CCC(c2ccccc2S(C)=O)CC1)c1ccc(Cl)c(Cl)c1)C(=O)c1ccc(C#N)c2ccccc12. The summed E-state index contributed by atoms with van der Waals surface area (Å²) in [5, 5.41) is 12.1. The number of likely N-dealkylation sites (N-methyl/N-ethyl adjacent to an activating group) is 1. The van der Waals surface area contributed by atoms with Crippen LogP contribution in [0.3, 0.4) is 0 Å². The minimum absolute atomic E-state index is 0.0503. The number of carbonyl (C=O) groups is 1. The third-order valence-electron chi connectivity index (χ3n) is 8.58. The fourth-order valence-corrected chi connectivity index (χ4v) is 7.36. The maximum Gasteiger partial charge on any atom is 0.254 e. The van der Waals surface area contributed by atoms with Gasteiger partial charge in [-0.2, -0.15) is 5.26 Å². The maximum atomic E-state index is 13.8. The smallest absolute Gasteiger partial charge is 0.254 e. The summed E-state index contributed by atoms with van der Waals surface area (Å²) in [6, 6.07) is 27.1. The molecule has 1 fully saturated rings. The molecule has 5 nitrogen and oxygen atoms in total. The quantitative estimate of drug-likeness (QED) is 0.188. The molecule has 0 N–H and O–H groups in total. The molecule has 0 saturated carbocycles. The van der Waals surface area contributed by atoms with Crippen molar-refractivity contribution in [2.45, 2.75) is 36.0 Å². The van der Waals surface area contributed by atoms with Gasteiger partial charge in [0, 0.05) is 41.6 Å². The van der Waals surface area contributed by atoms with Gasteiger partial charge in [0.2, 0.25) is 0 Å². The number of hydrogen-bond donors (Lipinski definition) is 0. The lowest BCUT2D eigenvalue weighted by molar-refractivity contribution is 0.0783. The van der Waals surface area contributed by atoms with Crippen LogP contribution >= 0.6 is 23.2 Å². The van der Waals surface area contributed by atoms with Crippen molar-refractivity contribution in [3.63, 3.8) is 0 Å². The fourth-order valence-electron chi connectivity index (χ4n) is 6.22. The van der Waals surface area contributed by atoms with Crippen LogP contribution < -0.4 is 0 Å². The monoisotopic (exact) mass is 631 g/mol. The average molecular weight is 633 g/mol. The Balaban J connectivity index is 1.30. The van der Waals surface area contributed by atoms with Crippen molar-refractivity contribution in [3.05, 3.63) is 111 Å². The summed E-state index contributed by atoms with van der Waals surface area (Å²) in [5.74, 6) is 0.376. The molecule has 0 aromatic heterocycles. The first-order valence-corrected chi connectivity index (χ1v) is 16.8. The standard InChI is InChI=1S/C35H35Cl2N3O2S/c1-39(35(41)31-13-11-26(22-38)28-7-3-4-9-30(28)31)23-27(25-12-14-32(36)33(37)21-25)17-20-40-18-15-24(16-19-40)29-8-5-6-10-34(29)43(2)42/h3-14,21,24,27H,15-20,23H2,1-2H3/t27-,43?/m1/s1. The molecule has 0 spiro atoms. The number of piperidine rings is 1. The molecule has 1 unspecified atom stereocenters. The van der Waals surface area contributed by atoms with Crippen molar-refractivity contribution >= 4 is 50.7 Å². The minimum atomic E-state index is -0.999. The summed E-state index contributed by atoms with van der Waals surface area (Å²) in [5.41, 5.74) is 3.40. The molecule has 1 amide bonds. The van der Waals surface area contributed by atoms with E-state index in [9.17, 15) is 14.3 Å². The van der Waals surface area contributed by atoms with Gasteiger partial charge in [-0.15, -0.1) is 0 Å². The van der Waals surface area contributed by atoms with E-state index < -0.39 is 10.8 Å².